The fourth-order valence-corrected chi connectivity index (χ4v) is 13.8. The maximum Gasteiger partial charge on any atom is 0.302 e. The van der Waals surface area contributed by atoms with E-state index in [0.717, 1.165) is 38.5 Å². The number of carbonyl (C=O) groups is 3. The number of ether oxygens (including phenoxy) is 2. The van der Waals surface area contributed by atoms with Crippen molar-refractivity contribution in [2.45, 2.75) is 119 Å². The monoisotopic (exact) mass is 674 g/mol. The van der Waals surface area contributed by atoms with Gasteiger partial charge in [0.1, 0.15) is 11.1 Å². The molecule has 0 unspecified atom stereocenters. The Morgan fingerprint density at radius 3 is 2.19 bits per heavy atom. The van der Waals surface area contributed by atoms with E-state index in [4.69, 9.17) is 21.1 Å². The average molecular weight is 675 g/mol. The minimum atomic E-state index is -0.334. The predicted molar refractivity (Wildman–Crippen MR) is 188 cm³/mol. The Labute approximate surface area is 292 Å². The van der Waals surface area contributed by atoms with Crippen LogP contribution in [0, 0.1) is 56.7 Å². The van der Waals surface area contributed by atoms with Gasteiger partial charge in [0.2, 0.25) is 11.6 Å². The van der Waals surface area contributed by atoms with E-state index in [1.165, 1.54) is 31.3 Å². The molecule has 10 atom stereocenters. The predicted octanol–water partition coefficient (Wildman–Crippen LogP) is 10.1. The number of benzene rings is 1. The van der Waals surface area contributed by atoms with Gasteiger partial charge in [-0.2, -0.15) is 0 Å². The van der Waals surface area contributed by atoms with Crippen LogP contribution in [-0.2, 0) is 14.3 Å². The number of Topliss-reactive ketones (excluding diaryl/α,β-unsaturated/α-hetero) is 2. The minimum Gasteiger partial charge on any atom is -0.487 e. The van der Waals surface area contributed by atoms with Crippen LogP contribution < -0.4 is 0 Å². The average Bonchev–Trinajstić information content (AvgIpc) is 3.42. The Morgan fingerprint density at radius 1 is 0.833 bits per heavy atom. The highest BCUT2D eigenvalue weighted by Crippen LogP contribution is 2.77. The Hall–Kier alpha value is -2.40. The summed E-state index contributed by atoms with van der Waals surface area (Å²) in [5.41, 5.74) is 2.41. The third kappa shape index (κ3) is 4.57. The van der Waals surface area contributed by atoms with E-state index in [1.54, 1.807) is 31.2 Å². The zero-order valence-corrected chi connectivity index (χ0v) is 30.9. The number of ketones is 2. The highest BCUT2D eigenvalue weighted by atomic mass is 35.5. The van der Waals surface area contributed by atoms with Gasteiger partial charge < -0.3 is 9.47 Å². The number of fused-ring (bicyclic) bond motifs is 8. The lowest BCUT2D eigenvalue weighted by Gasteiger charge is -2.73. The summed E-state index contributed by atoms with van der Waals surface area (Å²) in [6, 6.07) is 6.90. The molecule has 6 aliphatic carbocycles. The zero-order valence-electron chi connectivity index (χ0n) is 30.2. The van der Waals surface area contributed by atoms with E-state index in [1.807, 2.05) is 0 Å². The molecular formula is C42H55ClO5. The van der Waals surface area contributed by atoms with Gasteiger partial charge in [-0.1, -0.05) is 82.6 Å². The van der Waals surface area contributed by atoms with Crippen molar-refractivity contribution in [1.82, 2.24) is 0 Å². The number of esters is 1. The number of allylic oxidation sites excluding steroid dienone is 3. The smallest absolute Gasteiger partial charge is 0.302 e. The van der Waals surface area contributed by atoms with E-state index in [9.17, 15) is 14.4 Å². The van der Waals surface area contributed by atoms with Crippen molar-refractivity contribution in [2.24, 2.45) is 56.7 Å². The van der Waals surface area contributed by atoms with Crippen molar-refractivity contribution in [3.63, 3.8) is 0 Å². The van der Waals surface area contributed by atoms with Gasteiger partial charge >= 0.3 is 5.97 Å². The fraction of sp³-hybridized carbons (Fsp3) is 0.690. The third-order valence-corrected chi connectivity index (χ3v) is 16.4. The lowest BCUT2D eigenvalue weighted by atomic mass is 9.32. The van der Waals surface area contributed by atoms with Gasteiger partial charge in [0, 0.05) is 28.9 Å². The van der Waals surface area contributed by atoms with Gasteiger partial charge in [0.15, 0.2) is 5.76 Å². The molecule has 5 saturated carbocycles. The summed E-state index contributed by atoms with van der Waals surface area (Å²) in [6.07, 6.45) is 11.1. The van der Waals surface area contributed by atoms with Crippen molar-refractivity contribution >= 4 is 29.1 Å². The molecule has 5 fully saturated rings. The second-order valence-corrected chi connectivity index (χ2v) is 18.5. The largest absolute Gasteiger partial charge is 0.487 e. The first-order valence-corrected chi connectivity index (χ1v) is 18.9. The van der Waals surface area contributed by atoms with Crippen LogP contribution in [-0.4, -0.2) is 30.2 Å². The molecule has 5 nitrogen and oxygen atoms in total. The molecule has 0 spiro atoms. The normalized spacial score (nSPS) is 42.9. The van der Waals surface area contributed by atoms with Gasteiger partial charge in [0.25, 0.3) is 0 Å². The molecule has 6 heteroatoms. The van der Waals surface area contributed by atoms with Gasteiger partial charge in [-0.15, -0.1) is 0 Å². The Bertz CT molecular complexity index is 1610. The topological polar surface area (TPSA) is 69.7 Å². The quantitative estimate of drug-likeness (QED) is 0.230. The maximum atomic E-state index is 13.6. The van der Waals surface area contributed by atoms with Gasteiger partial charge in [0.05, 0.1) is 6.61 Å². The van der Waals surface area contributed by atoms with Crippen LogP contribution in [0.4, 0.5) is 0 Å². The van der Waals surface area contributed by atoms with Crippen LogP contribution in [0.2, 0.25) is 0 Å². The van der Waals surface area contributed by atoms with Crippen LogP contribution in [0.15, 0.2) is 47.2 Å². The summed E-state index contributed by atoms with van der Waals surface area (Å²) in [7, 11) is 0. The standard InChI is InChI=1S/C42H55ClO5/c1-24(2)26-15-20-42(23-47-37-34(43)35(45)27-11-9-10-12-28(27)36(37)46)22-21-40(7)29(33(26)42)13-14-31-39(6)18-17-32(48-25(3)44)38(4,5)30(39)16-19-41(31,40)8/h9-12,26,29-33H,1,13-23H2,2-8H3/t26-,29+,30-,31+,32-,33+,39-,40+,41+,42+/m0/s1. The van der Waals surface area contributed by atoms with E-state index >= 15 is 0 Å². The van der Waals surface area contributed by atoms with Crippen LogP contribution in [0.5, 0.6) is 0 Å². The summed E-state index contributed by atoms with van der Waals surface area (Å²) < 4.78 is 12.5. The number of carbonyl (C=O) groups excluding carboxylic acids is 3. The molecule has 0 radical (unpaired) electrons. The zero-order chi connectivity index (χ0) is 34.6. The summed E-state index contributed by atoms with van der Waals surface area (Å²) in [5.74, 6) is 1.73. The molecule has 260 valence electrons. The Balaban J connectivity index is 1.19. The molecule has 0 amide bonds. The first kappa shape index (κ1) is 34.1. The number of rotatable bonds is 5. The summed E-state index contributed by atoms with van der Waals surface area (Å²) >= 11 is 6.59. The van der Waals surface area contributed by atoms with Gasteiger partial charge in [-0.3, -0.25) is 14.4 Å². The molecule has 0 N–H and O–H groups in total. The van der Waals surface area contributed by atoms with Crippen molar-refractivity contribution in [3.05, 3.63) is 58.3 Å². The van der Waals surface area contributed by atoms with E-state index in [2.05, 4.69) is 48.1 Å². The van der Waals surface area contributed by atoms with Crippen LogP contribution in [0.25, 0.3) is 0 Å². The molecule has 48 heavy (non-hydrogen) atoms. The third-order valence-electron chi connectivity index (χ3n) is 16.0. The number of hydrogen-bond donors (Lipinski definition) is 0. The summed E-state index contributed by atoms with van der Waals surface area (Å²) in [6.45, 7) is 21.3. The van der Waals surface area contributed by atoms with E-state index in [0.29, 0.717) is 47.3 Å². The molecule has 0 aliphatic heterocycles. The van der Waals surface area contributed by atoms with Crippen molar-refractivity contribution in [1.29, 1.82) is 0 Å². The van der Waals surface area contributed by atoms with Crippen LogP contribution in [0.3, 0.4) is 0 Å². The molecule has 1 aromatic carbocycles. The highest BCUT2D eigenvalue weighted by molar-refractivity contribution is 6.49. The second kappa shape index (κ2) is 11.3. The van der Waals surface area contributed by atoms with Crippen molar-refractivity contribution in [3.8, 4) is 0 Å². The second-order valence-electron chi connectivity index (χ2n) is 18.1. The van der Waals surface area contributed by atoms with Crippen molar-refractivity contribution < 1.29 is 23.9 Å². The number of hydrogen-bond acceptors (Lipinski definition) is 5. The molecule has 6 aliphatic rings. The molecule has 0 heterocycles. The van der Waals surface area contributed by atoms with E-state index in [-0.39, 0.29) is 61.5 Å². The minimum absolute atomic E-state index is 0.0158. The first-order valence-electron chi connectivity index (χ1n) is 18.6. The molecular weight excluding hydrogens is 620 g/mol. The maximum absolute atomic E-state index is 13.6. The van der Waals surface area contributed by atoms with Crippen LogP contribution >= 0.6 is 11.6 Å². The van der Waals surface area contributed by atoms with Crippen LogP contribution in [0.1, 0.15) is 133 Å². The van der Waals surface area contributed by atoms with Crippen molar-refractivity contribution in [2.75, 3.05) is 6.61 Å². The Morgan fingerprint density at radius 2 is 1.52 bits per heavy atom. The van der Waals surface area contributed by atoms with Gasteiger partial charge in [-0.25, -0.2) is 0 Å². The SMILES string of the molecule is C=C(C)[C@@H]1CC[C@]2(COC3=C(Cl)C(=O)c4ccccc4C3=O)CC[C@]3(C)[C@H](CC[C@@H]4[C@@]5(C)CC[C@H](OC(C)=O)C(C)(C)[C@@H]5CC[C@]43C)[C@@H]12. The summed E-state index contributed by atoms with van der Waals surface area (Å²) in [4.78, 5) is 38.8. The molecule has 7 rings (SSSR count). The molecule has 0 bridgehead atoms. The molecule has 0 saturated heterocycles. The molecule has 0 aromatic heterocycles. The highest BCUT2D eigenvalue weighted by Gasteiger charge is 2.71. The first-order chi connectivity index (χ1) is 22.5. The lowest BCUT2D eigenvalue weighted by Crippen LogP contribution is -2.67. The fourth-order valence-electron chi connectivity index (χ4n) is 13.6. The van der Waals surface area contributed by atoms with E-state index < -0.39 is 0 Å². The van der Waals surface area contributed by atoms with Gasteiger partial charge in [-0.05, 0) is 117 Å². The molecule has 1 aromatic rings. The number of halogens is 1. The summed E-state index contributed by atoms with van der Waals surface area (Å²) in [5, 5.41) is -0.0916. The lowest BCUT2D eigenvalue weighted by molar-refractivity contribution is -0.251. The Kier molecular flexibility index (Phi) is 8.02.